The Morgan fingerprint density at radius 2 is 1.93 bits per heavy atom. The van der Waals surface area contributed by atoms with Gasteiger partial charge in [0.15, 0.2) is 11.5 Å². The second-order valence-electron chi connectivity index (χ2n) is 5.87. The highest BCUT2D eigenvalue weighted by Crippen LogP contribution is 2.28. The predicted octanol–water partition coefficient (Wildman–Crippen LogP) is 2.62. The summed E-state index contributed by atoms with van der Waals surface area (Å²) < 4.78 is 10.7. The summed E-state index contributed by atoms with van der Waals surface area (Å²) in [6.45, 7) is 0.557. The van der Waals surface area contributed by atoms with Crippen molar-refractivity contribution >= 4 is 17.5 Å². The SMILES string of the molecule is C#CCOc1ccc(CCNC(=O)[C@H](O)Cc2ccc(Cl)cc2)cc1OC. The normalized spacial score (nSPS) is 11.3. The number of carbonyl (C=O) groups is 1. The van der Waals surface area contributed by atoms with Crippen LogP contribution in [0.25, 0.3) is 0 Å². The van der Waals surface area contributed by atoms with E-state index in [9.17, 15) is 9.90 Å². The maximum Gasteiger partial charge on any atom is 0.249 e. The minimum absolute atomic E-state index is 0.164. The van der Waals surface area contributed by atoms with Crippen molar-refractivity contribution in [2.45, 2.75) is 18.9 Å². The van der Waals surface area contributed by atoms with E-state index in [1.165, 1.54) is 0 Å². The number of amides is 1. The molecule has 5 nitrogen and oxygen atoms in total. The molecule has 142 valence electrons. The van der Waals surface area contributed by atoms with Crippen LogP contribution in [0.1, 0.15) is 11.1 Å². The molecule has 2 aromatic carbocycles. The number of rotatable bonds is 9. The van der Waals surface area contributed by atoms with Crippen LogP contribution in [0, 0.1) is 12.3 Å². The van der Waals surface area contributed by atoms with Crippen LogP contribution in [0.15, 0.2) is 42.5 Å². The number of halogens is 1. The van der Waals surface area contributed by atoms with Crippen LogP contribution in [0.3, 0.4) is 0 Å². The first-order chi connectivity index (χ1) is 13.0. The molecule has 0 unspecified atom stereocenters. The van der Waals surface area contributed by atoms with Crippen LogP contribution in [0.5, 0.6) is 11.5 Å². The molecule has 0 aliphatic heterocycles. The lowest BCUT2D eigenvalue weighted by atomic mass is 10.1. The van der Waals surface area contributed by atoms with Gasteiger partial charge >= 0.3 is 0 Å². The van der Waals surface area contributed by atoms with Crippen molar-refractivity contribution in [3.05, 3.63) is 58.6 Å². The minimum atomic E-state index is -1.11. The molecule has 0 heterocycles. The quantitative estimate of drug-likeness (QED) is 0.649. The van der Waals surface area contributed by atoms with E-state index in [1.807, 2.05) is 12.1 Å². The molecule has 0 bridgehead atoms. The molecular weight excluding hydrogens is 366 g/mol. The Bertz CT molecular complexity index is 799. The Morgan fingerprint density at radius 1 is 1.22 bits per heavy atom. The molecule has 0 fully saturated rings. The van der Waals surface area contributed by atoms with Gasteiger partial charge in [-0.25, -0.2) is 0 Å². The fourth-order valence-corrected chi connectivity index (χ4v) is 2.62. The average molecular weight is 388 g/mol. The van der Waals surface area contributed by atoms with Crippen LogP contribution in [-0.2, 0) is 17.6 Å². The molecule has 0 radical (unpaired) electrons. The standard InChI is InChI=1S/C21H22ClNO4/c1-3-12-27-19-9-6-16(14-20(19)26-2)10-11-23-21(25)18(24)13-15-4-7-17(22)8-5-15/h1,4-9,14,18,24H,10-13H2,2H3,(H,23,25)/t18-/m1/s1. The summed E-state index contributed by atoms with van der Waals surface area (Å²) >= 11 is 5.83. The number of nitrogens with one attached hydrogen (secondary N) is 1. The van der Waals surface area contributed by atoms with Crippen molar-refractivity contribution < 1.29 is 19.4 Å². The van der Waals surface area contributed by atoms with Gasteiger partial charge in [-0.1, -0.05) is 35.7 Å². The Labute approximate surface area is 164 Å². The summed E-state index contributed by atoms with van der Waals surface area (Å²) in [6.07, 6.45) is 4.90. The zero-order valence-corrected chi connectivity index (χ0v) is 15.8. The smallest absolute Gasteiger partial charge is 0.249 e. The summed E-state index contributed by atoms with van der Waals surface area (Å²) in [6, 6.07) is 12.5. The third-order valence-corrected chi connectivity index (χ3v) is 4.15. The molecular formula is C21H22ClNO4. The van der Waals surface area contributed by atoms with Gasteiger partial charge in [-0.15, -0.1) is 6.42 Å². The third kappa shape index (κ3) is 6.52. The summed E-state index contributed by atoms with van der Waals surface area (Å²) in [4.78, 5) is 12.0. The number of aliphatic hydroxyl groups is 1. The molecule has 27 heavy (non-hydrogen) atoms. The topological polar surface area (TPSA) is 67.8 Å². The summed E-state index contributed by atoms with van der Waals surface area (Å²) in [5.74, 6) is 3.14. The summed E-state index contributed by atoms with van der Waals surface area (Å²) in [5, 5.41) is 13.4. The molecule has 0 saturated carbocycles. The monoisotopic (exact) mass is 387 g/mol. The number of benzene rings is 2. The molecule has 2 aromatic rings. The second kappa shape index (κ2) is 10.5. The average Bonchev–Trinajstić information content (AvgIpc) is 2.68. The molecule has 1 amide bonds. The Morgan fingerprint density at radius 3 is 2.59 bits per heavy atom. The zero-order valence-electron chi connectivity index (χ0n) is 15.1. The van der Waals surface area contributed by atoms with E-state index in [4.69, 9.17) is 27.5 Å². The van der Waals surface area contributed by atoms with Gasteiger partial charge in [0.25, 0.3) is 0 Å². The van der Waals surface area contributed by atoms with E-state index >= 15 is 0 Å². The lowest BCUT2D eigenvalue weighted by molar-refractivity contribution is -0.129. The van der Waals surface area contributed by atoms with Gasteiger partial charge in [-0.05, 0) is 41.8 Å². The van der Waals surface area contributed by atoms with Crippen molar-refractivity contribution in [3.63, 3.8) is 0 Å². The largest absolute Gasteiger partial charge is 0.493 e. The number of aliphatic hydroxyl groups excluding tert-OH is 1. The van der Waals surface area contributed by atoms with Crippen LogP contribution in [0.2, 0.25) is 5.02 Å². The second-order valence-corrected chi connectivity index (χ2v) is 6.30. The summed E-state index contributed by atoms with van der Waals surface area (Å²) in [7, 11) is 1.55. The number of methoxy groups -OCH3 is 1. The Balaban J connectivity index is 1.83. The van der Waals surface area contributed by atoms with Crippen LogP contribution >= 0.6 is 11.6 Å². The van der Waals surface area contributed by atoms with Crippen molar-refractivity contribution in [2.75, 3.05) is 20.3 Å². The first kappa shape index (κ1) is 20.6. The lowest BCUT2D eigenvalue weighted by Crippen LogP contribution is -2.37. The van der Waals surface area contributed by atoms with E-state index in [0.29, 0.717) is 29.5 Å². The molecule has 1 atom stereocenters. The Hall–Kier alpha value is -2.68. The van der Waals surface area contributed by atoms with E-state index < -0.39 is 12.0 Å². The number of hydrogen-bond acceptors (Lipinski definition) is 4. The third-order valence-electron chi connectivity index (χ3n) is 3.90. The predicted molar refractivity (Wildman–Crippen MR) is 105 cm³/mol. The molecule has 2 rings (SSSR count). The highest BCUT2D eigenvalue weighted by atomic mass is 35.5. The fourth-order valence-electron chi connectivity index (χ4n) is 2.49. The maximum atomic E-state index is 12.0. The van der Waals surface area contributed by atoms with E-state index in [1.54, 1.807) is 37.4 Å². The molecule has 0 aliphatic rings. The van der Waals surface area contributed by atoms with Gasteiger partial charge in [-0.2, -0.15) is 0 Å². The number of ether oxygens (including phenoxy) is 2. The number of hydrogen-bond donors (Lipinski definition) is 2. The number of terminal acetylenes is 1. The van der Waals surface area contributed by atoms with Crippen molar-refractivity contribution in [1.29, 1.82) is 0 Å². The summed E-state index contributed by atoms with van der Waals surface area (Å²) in [5.41, 5.74) is 1.81. The molecule has 0 spiro atoms. The van der Waals surface area contributed by atoms with Gasteiger partial charge in [-0.3, -0.25) is 4.79 Å². The maximum absolute atomic E-state index is 12.0. The van der Waals surface area contributed by atoms with E-state index in [2.05, 4.69) is 11.2 Å². The van der Waals surface area contributed by atoms with Crippen LogP contribution in [-0.4, -0.2) is 37.4 Å². The van der Waals surface area contributed by atoms with Crippen molar-refractivity contribution in [2.24, 2.45) is 0 Å². The molecule has 0 aromatic heterocycles. The highest BCUT2D eigenvalue weighted by Gasteiger charge is 2.15. The van der Waals surface area contributed by atoms with Gasteiger partial charge < -0.3 is 19.9 Å². The first-order valence-electron chi connectivity index (χ1n) is 8.47. The van der Waals surface area contributed by atoms with Gasteiger partial charge in [0.05, 0.1) is 7.11 Å². The highest BCUT2D eigenvalue weighted by molar-refractivity contribution is 6.30. The Kier molecular flexibility index (Phi) is 8.00. The van der Waals surface area contributed by atoms with Crippen LogP contribution in [0.4, 0.5) is 0 Å². The van der Waals surface area contributed by atoms with Crippen LogP contribution < -0.4 is 14.8 Å². The van der Waals surface area contributed by atoms with Gasteiger partial charge in [0.1, 0.15) is 12.7 Å². The molecule has 0 aliphatic carbocycles. The first-order valence-corrected chi connectivity index (χ1v) is 8.84. The fraction of sp³-hybridized carbons (Fsp3) is 0.286. The minimum Gasteiger partial charge on any atom is -0.493 e. The van der Waals surface area contributed by atoms with E-state index in [-0.39, 0.29) is 13.0 Å². The van der Waals surface area contributed by atoms with E-state index in [0.717, 1.165) is 11.1 Å². The molecule has 6 heteroatoms. The van der Waals surface area contributed by atoms with Gasteiger partial charge in [0.2, 0.25) is 5.91 Å². The number of carbonyl (C=O) groups excluding carboxylic acids is 1. The lowest BCUT2D eigenvalue weighted by Gasteiger charge is -2.13. The molecule has 2 N–H and O–H groups in total. The van der Waals surface area contributed by atoms with Crippen molar-refractivity contribution in [1.82, 2.24) is 5.32 Å². The van der Waals surface area contributed by atoms with Crippen molar-refractivity contribution in [3.8, 4) is 23.8 Å². The zero-order chi connectivity index (χ0) is 19.6. The van der Waals surface area contributed by atoms with Gasteiger partial charge in [0, 0.05) is 18.0 Å². The molecule has 0 saturated heterocycles.